The van der Waals surface area contributed by atoms with Crippen molar-refractivity contribution in [2.75, 3.05) is 33.5 Å². The number of hydrogen-bond acceptors (Lipinski definition) is 7. The van der Waals surface area contributed by atoms with Gasteiger partial charge in [0.25, 0.3) is 0 Å². The molecule has 0 N–H and O–H groups in total. The third kappa shape index (κ3) is 3.91. The van der Waals surface area contributed by atoms with E-state index in [4.69, 9.17) is 18.9 Å². The number of cyclic esters (lactones) is 1. The van der Waals surface area contributed by atoms with Crippen LogP contribution in [-0.2, 0) is 33.3 Å². The van der Waals surface area contributed by atoms with E-state index in [1.807, 2.05) is 50.3 Å². The standard InChI is InChI=1S/C29H37NO7/c1-27(2)28(3)13-14-29(27,26(33)37-18-28)25(32)30-15-12-20(19-8-6-5-7-9-19)23(24(31)34-4)21(30)10-11-22-35-16-17-36-22/h5-9,12,21-23H,10-11,13-18H2,1-4H3/t21-,23?,28-,29-/m0/s1. The lowest BCUT2D eigenvalue weighted by Crippen LogP contribution is -2.64. The quantitative estimate of drug-likeness (QED) is 0.426. The van der Waals surface area contributed by atoms with Gasteiger partial charge in [0.15, 0.2) is 11.7 Å². The highest BCUT2D eigenvalue weighted by Gasteiger charge is 2.72. The van der Waals surface area contributed by atoms with Crippen molar-refractivity contribution in [1.29, 1.82) is 0 Å². The van der Waals surface area contributed by atoms with Crippen LogP contribution in [0.4, 0.5) is 0 Å². The number of ether oxygens (including phenoxy) is 4. The van der Waals surface area contributed by atoms with Crippen molar-refractivity contribution < 1.29 is 33.3 Å². The van der Waals surface area contributed by atoms with Crippen LogP contribution in [0.2, 0.25) is 0 Å². The first kappa shape index (κ1) is 25.9. The molecule has 0 spiro atoms. The van der Waals surface area contributed by atoms with Crippen molar-refractivity contribution in [1.82, 2.24) is 4.90 Å². The number of methoxy groups -OCH3 is 1. The molecule has 1 amide bonds. The average Bonchev–Trinajstić information content (AvgIpc) is 3.46. The van der Waals surface area contributed by atoms with E-state index >= 15 is 0 Å². The number of esters is 2. The van der Waals surface area contributed by atoms with Crippen LogP contribution in [0.3, 0.4) is 0 Å². The highest BCUT2D eigenvalue weighted by molar-refractivity contribution is 6.05. The minimum Gasteiger partial charge on any atom is -0.468 e. The summed E-state index contributed by atoms with van der Waals surface area (Å²) < 4.78 is 22.3. The van der Waals surface area contributed by atoms with Crippen molar-refractivity contribution in [3.8, 4) is 0 Å². The molecule has 3 heterocycles. The first-order valence-corrected chi connectivity index (χ1v) is 13.2. The Hall–Kier alpha value is -2.71. The van der Waals surface area contributed by atoms with Crippen molar-refractivity contribution in [2.45, 2.75) is 58.8 Å². The zero-order valence-corrected chi connectivity index (χ0v) is 22.2. The Morgan fingerprint density at radius 1 is 1.05 bits per heavy atom. The second-order valence-corrected chi connectivity index (χ2v) is 11.5. The van der Waals surface area contributed by atoms with Crippen molar-refractivity contribution in [3.05, 3.63) is 42.0 Å². The summed E-state index contributed by atoms with van der Waals surface area (Å²) in [6.45, 7) is 7.78. The Morgan fingerprint density at radius 3 is 2.43 bits per heavy atom. The largest absolute Gasteiger partial charge is 0.468 e. The number of amides is 1. The summed E-state index contributed by atoms with van der Waals surface area (Å²) in [5, 5.41) is 0. The monoisotopic (exact) mass is 511 g/mol. The van der Waals surface area contributed by atoms with Gasteiger partial charge >= 0.3 is 11.9 Å². The Bertz CT molecular complexity index is 1090. The molecule has 0 radical (unpaired) electrons. The van der Waals surface area contributed by atoms with E-state index in [2.05, 4.69) is 6.92 Å². The van der Waals surface area contributed by atoms with E-state index in [9.17, 15) is 14.4 Å². The molecule has 200 valence electrons. The summed E-state index contributed by atoms with van der Waals surface area (Å²) in [5.41, 5.74) is -0.447. The fourth-order valence-electron chi connectivity index (χ4n) is 6.89. The predicted octanol–water partition coefficient (Wildman–Crippen LogP) is 3.59. The van der Waals surface area contributed by atoms with E-state index in [-0.39, 0.29) is 24.2 Å². The minimum atomic E-state index is -1.29. The molecule has 1 saturated carbocycles. The Morgan fingerprint density at radius 2 is 1.76 bits per heavy atom. The van der Waals surface area contributed by atoms with Gasteiger partial charge < -0.3 is 23.8 Å². The molecular weight excluding hydrogens is 474 g/mol. The van der Waals surface area contributed by atoms with Gasteiger partial charge in [0.2, 0.25) is 5.91 Å². The number of benzene rings is 1. The Labute approximate surface area is 218 Å². The average molecular weight is 512 g/mol. The molecule has 5 rings (SSSR count). The number of nitrogens with zero attached hydrogens (tertiary/aromatic N) is 1. The Kier molecular flexibility index (Phi) is 6.69. The zero-order chi connectivity index (χ0) is 26.4. The molecule has 4 atom stereocenters. The highest BCUT2D eigenvalue weighted by atomic mass is 16.7. The van der Waals surface area contributed by atoms with Crippen LogP contribution in [0.15, 0.2) is 36.4 Å². The van der Waals surface area contributed by atoms with Crippen LogP contribution in [0.25, 0.3) is 5.57 Å². The molecule has 4 aliphatic rings. The second kappa shape index (κ2) is 9.55. The number of carbonyl (C=O) groups excluding carboxylic acids is 3. The van der Waals surface area contributed by atoms with Crippen LogP contribution in [-0.4, -0.2) is 68.6 Å². The molecular formula is C29H37NO7. The molecule has 2 bridgehead atoms. The van der Waals surface area contributed by atoms with Crippen LogP contribution in [0.5, 0.6) is 0 Å². The molecule has 3 aliphatic heterocycles. The maximum absolute atomic E-state index is 14.6. The third-order valence-corrected chi connectivity index (χ3v) is 9.70. The number of fused-ring (bicyclic) bond motifs is 2. The number of rotatable bonds is 6. The van der Waals surface area contributed by atoms with E-state index in [1.54, 1.807) is 4.90 Å². The van der Waals surface area contributed by atoms with Crippen molar-refractivity contribution in [2.24, 2.45) is 22.2 Å². The van der Waals surface area contributed by atoms with Gasteiger partial charge in [-0.25, -0.2) is 0 Å². The Balaban J connectivity index is 1.57. The first-order valence-electron chi connectivity index (χ1n) is 13.2. The number of hydrogen-bond donors (Lipinski definition) is 0. The fraction of sp³-hybridized carbons (Fsp3) is 0.621. The van der Waals surface area contributed by atoms with Crippen molar-refractivity contribution >= 4 is 23.4 Å². The summed E-state index contributed by atoms with van der Waals surface area (Å²) in [5.74, 6) is -1.84. The molecule has 2 saturated heterocycles. The van der Waals surface area contributed by atoms with Gasteiger partial charge in [-0.05, 0) is 35.8 Å². The van der Waals surface area contributed by atoms with E-state index in [0.717, 1.165) is 17.6 Å². The molecule has 0 aromatic heterocycles. The lowest BCUT2D eigenvalue weighted by Gasteiger charge is -2.52. The molecule has 1 aromatic carbocycles. The van der Waals surface area contributed by atoms with Gasteiger partial charge in [-0.3, -0.25) is 14.4 Å². The minimum absolute atomic E-state index is 0.263. The zero-order valence-electron chi connectivity index (χ0n) is 22.2. The summed E-state index contributed by atoms with van der Waals surface area (Å²) in [6, 6.07) is 9.17. The van der Waals surface area contributed by atoms with E-state index < -0.39 is 34.7 Å². The molecule has 1 unspecified atom stereocenters. The van der Waals surface area contributed by atoms with E-state index in [0.29, 0.717) is 39.1 Å². The third-order valence-electron chi connectivity index (χ3n) is 9.70. The lowest BCUT2D eigenvalue weighted by atomic mass is 9.57. The summed E-state index contributed by atoms with van der Waals surface area (Å²) in [6.07, 6.45) is 3.69. The van der Waals surface area contributed by atoms with Crippen molar-refractivity contribution in [3.63, 3.8) is 0 Å². The van der Waals surface area contributed by atoms with Crippen LogP contribution < -0.4 is 0 Å². The van der Waals surface area contributed by atoms with Crippen LogP contribution in [0, 0.1) is 22.2 Å². The molecule has 3 fully saturated rings. The molecule has 8 heteroatoms. The predicted molar refractivity (Wildman–Crippen MR) is 135 cm³/mol. The van der Waals surface area contributed by atoms with Gasteiger partial charge in [-0.15, -0.1) is 0 Å². The molecule has 37 heavy (non-hydrogen) atoms. The first-order chi connectivity index (χ1) is 17.7. The van der Waals surface area contributed by atoms with Crippen LogP contribution >= 0.6 is 0 Å². The van der Waals surface area contributed by atoms with Gasteiger partial charge in [0.05, 0.1) is 26.9 Å². The van der Waals surface area contributed by atoms with Gasteiger partial charge in [0, 0.05) is 24.4 Å². The summed E-state index contributed by atoms with van der Waals surface area (Å²) in [4.78, 5) is 43.1. The SMILES string of the molecule is COC(=O)C1C(c2ccccc2)=CCN(C(=O)[C@@]23CC[C@@](C)(COC2=O)C3(C)C)[C@H]1CCC1OCCO1. The fourth-order valence-corrected chi connectivity index (χ4v) is 6.89. The maximum Gasteiger partial charge on any atom is 0.322 e. The normalized spacial score (nSPS) is 33.1. The summed E-state index contributed by atoms with van der Waals surface area (Å²) in [7, 11) is 1.37. The van der Waals surface area contributed by atoms with Gasteiger partial charge in [0.1, 0.15) is 5.92 Å². The lowest BCUT2D eigenvalue weighted by molar-refractivity contribution is -0.194. The van der Waals surface area contributed by atoms with Crippen LogP contribution in [0.1, 0.15) is 52.0 Å². The molecule has 1 aromatic rings. The smallest absolute Gasteiger partial charge is 0.322 e. The second-order valence-electron chi connectivity index (χ2n) is 11.5. The highest BCUT2D eigenvalue weighted by Crippen LogP contribution is 2.66. The van der Waals surface area contributed by atoms with Gasteiger partial charge in [-0.1, -0.05) is 57.2 Å². The summed E-state index contributed by atoms with van der Waals surface area (Å²) >= 11 is 0. The molecule has 8 nitrogen and oxygen atoms in total. The van der Waals surface area contributed by atoms with E-state index in [1.165, 1.54) is 7.11 Å². The molecule has 1 aliphatic carbocycles. The number of carbonyl (C=O) groups is 3. The van der Waals surface area contributed by atoms with Gasteiger partial charge in [-0.2, -0.15) is 0 Å². The topological polar surface area (TPSA) is 91.4 Å². The maximum atomic E-state index is 14.6.